The number of rotatable bonds is 5. The van der Waals surface area contributed by atoms with Crippen molar-refractivity contribution >= 4 is 29.2 Å². The van der Waals surface area contributed by atoms with Crippen LogP contribution in [-0.4, -0.2) is 22.9 Å². The number of carbonyl (C=O) groups excluding carboxylic acids is 2. The van der Waals surface area contributed by atoms with E-state index in [1.165, 1.54) is 0 Å². The zero-order valence-corrected chi connectivity index (χ0v) is 18.3. The average Bonchev–Trinajstić information content (AvgIpc) is 2.74. The van der Waals surface area contributed by atoms with E-state index in [0.29, 0.717) is 29.8 Å². The van der Waals surface area contributed by atoms with Gasteiger partial charge >= 0.3 is 5.97 Å². The Labute approximate surface area is 183 Å². The molecule has 1 aliphatic carbocycles. The summed E-state index contributed by atoms with van der Waals surface area (Å²) in [6.45, 7) is 6.37. The first-order valence-corrected chi connectivity index (χ1v) is 10.7. The summed E-state index contributed by atoms with van der Waals surface area (Å²) in [4.78, 5) is 36.5. The Balaban J connectivity index is 1.60. The highest BCUT2D eigenvalue weighted by atomic mass is 16.4. The number of hydrogen-bond acceptors (Lipinski definition) is 3. The minimum Gasteiger partial charge on any atom is -0.481 e. The van der Waals surface area contributed by atoms with Crippen LogP contribution in [-0.2, 0) is 15.0 Å². The summed E-state index contributed by atoms with van der Waals surface area (Å²) in [5.74, 6) is -2.52. The van der Waals surface area contributed by atoms with E-state index in [1.54, 1.807) is 24.3 Å². The maximum absolute atomic E-state index is 12.6. The fraction of sp³-hybridized carbons (Fsp3) is 0.400. The predicted molar refractivity (Wildman–Crippen MR) is 121 cm³/mol. The van der Waals surface area contributed by atoms with Gasteiger partial charge in [-0.05, 0) is 60.2 Å². The van der Waals surface area contributed by atoms with Gasteiger partial charge in [0.2, 0.25) is 5.91 Å². The van der Waals surface area contributed by atoms with Crippen molar-refractivity contribution in [1.82, 2.24) is 0 Å². The van der Waals surface area contributed by atoms with Crippen LogP contribution in [0.15, 0.2) is 48.5 Å². The van der Waals surface area contributed by atoms with Crippen LogP contribution < -0.4 is 10.6 Å². The molecule has 164 valence electrons. The van der Waals surface area contributed by atoms with E-state index in [1.807, 2.05) is 24.3 Å². The lowest BCUT2D eigenvalue weighted by Gasteiger charge is -2.27. The molecule has 3 N–H and O–H groups in total. The highest BCUT2D eigenvalue weighted by Crippen LogP contribution is 2.31. The van der Waals surface area contributed by atoms with Gasteiger partial charge in [0.25, 0.3) is 5.91 Å². The molecular weight excluding hydrogens is 392 g/mol. The van der Waals surface area contributed by atoms with E-state index >= 15 is 0 Å². The topological polar surface area (TPSA) is 95.5 Å². The van der Waals surface area contributed by atoms with Gasteiger partial charge < -0.3 is 15.7 Å². The Morgan fingerprint density at radius 3 is 1.84 bits per heavy atom. The minimum absolute atomic E-state index is 0.0252. The van der Waals surface area contributed by atoms with Crippen LogP contribution in [0.2, 0.25) is 0 Å². The summed E-state index contributed by atoms with van der Waals surface area (Å²) >= 11 is 0. The van der Waals surface area contributed by atoms with Gasteiger partial charge in [-0.2, -0.15) is 0 Å². The van der Waals surface area contributed by atoms with Crippen LogP contribution in [0.4, 0.5) is 11.4 Å². The van der Waals surface area contributed by atoms with Crippen molar-refractivity contribution < 1.29 is 19.5 Å². The molecule has 0 bridgehead atoms. The molecule has 3 rings (SSSR count). The summed E-state index contributed by atoms with van der Waals surface area (Å²) in [6.07, 6.45) is 2.83. The molecule has 0 aliphatic heterocycles. The molecular formula is C25H30N2O4. The molecule has 2 amide bonds. The lowest BCUT2D eigenvalue weighted by Crippen LogP contribution is -2.36. The predicted octanol–water partition coefficient (Wildman–Crippen LogP) is 5.07. The Morgan fingerprint density at radius 2 is 1.32 bits per heavy atom. The van der Waals surface area contributed by atoms with Crippen molar-refractivity contribution in [2.45, 2.75) is 51.9 Å². The van der Waals surface area contributed by atoms with Gasteiger partial charge in [-0.1, -0.05) is 45.7 Å². The van der Waals surface area contributed by atoms with Crippen LogP contribution in [0.1, 0.15) is 62.4 Å². The third kappa shape index (κ3) is 5.72. The molecule has 2 aromatic rings. The lowest BCUT2D eigenvalue weighted by atomic mass is 9.78. The highest BCUT2D eigenvalue weighted by molar-refractivity contribution is 6.04. The number of benzene rings is 2. The van der Waals surface area contributed by atoms with Crippen LogP contribution in [0.5, 0.6) is 0 Å². The second kappa shape index (κ2) is 9.33. The zero-order valence-electron chi connectivity index (χ0n) is 18.3. The third-order valence-electron chi connectivity index (χ3n) is 5.84. The SMILES string of the molecule is CC(C)(C)c1ccc(C(=O)Nc2ccc(NC(=O)C3CCCCC3C(=O)O)cc2)cc1. The summed E-state index contributed by atoms with van der Waals surface area (Å²) in [7, 11) is 0. The molecule has 2 aromatic carbocycles. The smallest absolute Gasteiger partial charge is 0.307 e. The van der Waals surface area contributed by atoms with Gasteiger partial charge in [0.05, 0.1) is 11.8 Å². The molecule has 0 radical (unpaired) electrons. The third-order valence-corrected chi connectivity index (χ3v) is 5.84. The van der Waals surface area contributed by atoms with Crippen molar-refractivity contribution in [2.75, 3.05) is 10.6 Å². The van der Waals surface area contributed by atoms with E-state index in [0.717, 1.165) is 18.4 Å². The maximum atomic E-state index is 12.6. The molecule has 0 spiro atoms. The molecule has 2 unspecified atom stereocenters. The number of anilines is 2. The van der Waals surface area contributed by atoms with E-state index in [-0.39, 0.29) is 17.2 Å². The molecule has 2 atom stereocenters. The second-order valence-electron chi connectivity index (χ2n) is 9.18. The summed E-state index contributed by atoms with van der Waals surface area (Å²) in [5.41, 5.74) is 2.95. The molecule has 1 saturated carbocycles. The molecule has 31 heavy (non-hydrogen) atoms. The monoisotopic (exact) mass is 422 g/mol. The van der Waals surface area contributed by atoms with Crippen LogP contribution >= 0.6 is 0 Å². The van der Waals surface area contributed by atoms with Gasteiger partial charge in [-0.25, -0.2) is 0 Å². The molecule has 6 nitrogen and oxygen atoms in total. The number of carboxylic acid groups (broad SMARTS) is 1. The minimum atomic E-state index is -0.909. The average molecular weight is 423 g/mol. The summed E-state index contributed by atoms with van der Waals surface area (Å²) < 4.78 is 0. The Morgan fingerprint density at radius 1 is 0.806 bits per heavy atom. The normalized spacial score (nSPS) is 18.8. The van der Waals surface area contributed by atoms with Crippen LogP contribution in [0.25, 0.3) is 0 Å². The van der Waals surface area contributed by atoms with E-state index < -0.39 is 17.8 Å². The van der Waals surface area contributed by atoms with Crippen LogP contribution in [0, 0.1) is 11.8 Å². The van der Waals surface area contributed by atoms with Gasteiger partial charge in [-0.15, -0.1) is 0 Å². The van der Waals surface area contributed by atoms with Gasteiger partial charge in [-0.3, -0.25) is 14.4 Å². The van der Waals surface area contributed by atoms with Gasteiger partial charge in [0.1, 0.15) is 0 Å². The number of amides is 2. The maximum Gasteiger partial charge on any atom is 0.307 e. The number of hydrogen-bond donors (Lipinski definition) is 3. The Kier molecular flexibility index (Phi) is 6.78. The van der Waals surface area contributed by atoms with Crippen molar-refractivity contribution in [3.05, 3.63) is 59.7 Å². The van der Waals surface area contributed by atoms with Crippen molar-refractivity contribution in [3.8, 4) is 0 Å². The largest absolute Gasteiger partial charge is 0.481 e. The quantitative estimate of drug-likeness (QED) is 0.627. The van der Waals surface area contributed by atoms with E-state index in [9.17, 15) is 19.5 Å². The molecule has 0 saturated heterocycles. The summed E-state index contributed by atoms with van der Waals surface area (Å²) in [5, 5.41) is 15.0. The van der Waals surface area contributed by atoms with Gasteiger partial charge in [0, 0.05) is 16.9 Å². The Hall–Kier alpha value is -3.15. The molecule has 0 aromatic heterocycles. The number of nitrogens with one attached hydrogen (secondary N) is 2. The van der Waals surface area contributed by atoms with Crippen LogP contribution in [0.3, 0.4) is 0 Å². The fourth-order valence-electron chi connectivity index (χ4n) is 3.94. The highest BCUT2D eigenvalue weighted by Gasteiger charge is 2.35. The van der Waals surface area contributed by atoms with Crippen molar-refractivity contribution in [2.24, 2.45) is 11.8 Å². The standard InChI is InChI=1S/C25H30N2O4/c1-25(2,3)17-10-8-16(9-11-17)22(28)26-18-12-14-19(15-13-18)27-23(29)20-6-4-5-7-21(20)24(30)31/h8-15,20-21H,4-7H2,1-3H3,(H,26,28)(H,27,29)(H,30,31). The molecule has 1 aliphatic rings. The summed E-state index contributed by atoms with van der Waals surface area (Å²) in [6, 6.07) is 14.4. The number of carboxylic acids is 1. The van der Waals surface area contributed by atoms with Crippen molar-refractivity contribution in [1.29, 1.82) is 0 Å². The fourth-order valence-corrected chi connectivity index (χ4v) is 3.94. The first-order valence-electron chi connectivity index (χ1n) is 10.7. The zero-order chi connectivity index (χ0) is 22.6. The Bertz CT molecular complexity index is 943. The number of aliphatic carboxylic acids is 1. The van der Waals surface area contributed by atoms with Crippen molar-refractivity contribution in [3.63, 3.8) is 0 Å². The molecule has 1 fully saturated rings. The first kappa shape index (κ1) is 22.5. The molecule has 6 heteroatoms. The number of carbonyl (C=O) groups is 3. The van der Waals surface area contributed by atoms with Gasteiger partial charge in [0.15, 0.2) is 0 Å². The van der Waals surface area contributed by atoms with E-state index in [2.05, 4.69) is 31.4 Å². The molecule has 0 heterocycles. The second-order valence-corrected chi connectivity index (χ2v) is 9.18. The van der Waals surface area contributed by atoms with E-state index in [4.69, 9.17) is 0 Å². The first-order chi connectivity index (χ1) is 14.6. The lowest BCUT2D eigenvalue weighted by molar-refractivity contribution is -0.147.